The van der Waals surface area contributed by atoms with Gasteiger partial charge in [-0.2, -0.15) is 0 Å². The van der Waals surface area contributed by atoms with Crippen LogP contribution in [0.3, 0.4) is 0 Å². The van der Waals surface area contributed by atoms with Gasteiger partial charge < -0.3 is 15.4 Å². The number of rotatable bonds is 5. The summed E-state index contributed by atoms with van der Waals surface area (Å²) in [6, 6.07) is 6.89. The second kappa shape index (κ2) is 8.46. The highest BCUT2D eigenvalue weighted by Crippen LogP contribution is 2.29. The molecule has 0 heterocycles. The lowest BCUT2D eigenvalue weighted by atomic mass is 9.81. The largest absolute Gasteiger partial charge is 0.467 e. The molecule has 6 heteroatoms. The first-order valence-corrected chi connectivity index (χ1v) is 8.41. The minimum atomic E-state index is -0.919. The van der Waals surface area contributed by atoms with Crippen molar-refractivity contribution in [1.29, 1.82) is 0 Å². The third kappa shape index (κ3) is 4.68. The number of ether oxygens (including phenoxy) is 1. The molecule has 134 valence electrons. The number of carbonyl (C=O) groups is 3. The zero-order valence-corrected chi connectivity index (χ0v) is 14.6. The molecular weight excluding hydrogens is 320 g/mol. The topological polar surface area (TPSA) is 84.5 Å². The Morgan fingerprint density at radius 3 is 2.28 bits per heavy atom. The summed E-state index contributed by atoms with van der Waals surface area (Å²) in [5.41, 5.74) is 0.423. The first-order valence-electron chi connectivity index (χ1n) is 8.41. The van der Waals surface area contributed by atoms with E-state index in [1.807, 2.05) is 0 Å². The number of esters is 1. The fraction of sp³-hybridized carbons (Fsp3) is 0.421. The Kier molecular flexibility index (Phi) is 6.33. The number of nitrogens with one attached hydrogen (secondary N) is 2. The van der Waals surface area contributed by atoms with Gasteiger partial charge in [0.05, 0.1) is 7.11 Å². The number of benzene rings is 1. The van der Waals surface area contributed by atoms with E-state index in [0.29, 0.717) is 18.4 Å². The lowest BCUT2D eigenvalue weighted by Crippen LogP contribution is -2.55. The Labute approximate surface area is 147 Å². The summed E-state index contributed by atoms with van der Waals surface area (Å²) >= 11 is 0. The van der Waals surface area contributed by atoms with Gasteiger partial charge in [0.2, 0.25) is 5.91 Å². The van der Waals surface area contributed by atoms with Crippen LogP contribution in [0.5, 0.6) is 0 Å². The SMILES string of the molecule is CNC(=O)c1ccc(/C=C/C(=O)NC2(C(=O)OC)CCCCC2)cc1. The molecule has 1 aliphatic rings. The van der Waals surface area contributed by atoms with Crippen LogP contribution in [0.15, 0.2) is 30.3 Å². The van der Waals surface area contributed by atoms with Gasteiger partial charge >= 0.3 is 5.97 Å². The molecule has 25 heavy (non-hydrogen) atoms. The van der Waals surface area contributed by atoms with Gasteiger partial charge in [-0.1, -0.05) is 31.4 Å². The molecule has 0 aromatic heterocycles. The molecule has 0 spiro atoms. The second-order valence-corrected chi connectivity index (χ2v) is 6.16. The summed E-state index contributed by atoms with van der Waals surface area (Å²) < 4.78 is 4.89. The summed E-state index contributed by atoms with van der Waals surface area (Å²) in [6.45, 7) is 0. The third-order valence-corrected chi connectivity index (χ3v) is 4.47. The predicted molar refractivity (Wildman–Crippen MR) is 94.8 cm³/mol. The van der Waals surface area contributed by atoms with Gasteiger partial charge in [-0.3, -0.25) is 9.59 Å². The number of carbonyl (C=O) groups excluding carboxylic acids is 3. The van der Waals surface area contributed by atoms with Crippen LogP contribution in [0.1, 0.15) is 48.0 Å². The summed E-state index contributed by atoms with van der Waals surface area (Å²) in [4.78, 5) is 35.9. The zero-order chi connectivity index (χ0) is 18.3. The number of hydrogen-bond acceptors (Lipinski definition) is 4. The summed E-state index contributed by atoms with van der Waals surface area (Å²) in [7, 11) is 2.91. The molecule has 0 saturated heterocycles. The quantitative estimate of drug-likeness (QED) is 0.632. The third-order valence-electron chi connectivity index (χ3n) is 4.47. The second-order valence-electron chi connectivity index (χ2n) is 6.16. The van der Waals surface area contributed by atoms with E-state index in [4.69, 9.17) is 4.74 Å². The Bertz CT molecular complexity index is 659. The molecule has 0 unspecified atom stereocenters. The summed E-state index contributed by atoms with van der Waals surface area (Å²) in [5, 5.41) is 5.38. The molecule has 1 aromatic rings. The van der Waals surface area contributed by atoms with Gasteiger partial charge in [-0.25, -0.2) is 4.79 Å². The van der Waals surface area contributed by atoms with Crippen molar-refractivity contribution in [3.8, 4) is 0 Å². The van der Waals surface area contributed by atoms with Crippen molar-refractivity contribution in [3.63, 3.8) is 0 Å². The highest BCUT2D eigenvalue weighted by Gasteiger charge is 2.41. The van der Waals surface area contributed by atoms with E-state index in [9.17, 15) is 14.4 Å². The van der Waals surface area contributed by atoms with Crippen molar-refractivity contribution in [3.05, 3.63) is 41.5 Å². The molecule has 2 rings (SSSR count). The maximum Gasteiger partial charge on any atom is 0.331 e. The van der Waals surface area contributed by atoms with Gasteiger partial charge in [-0.05, 0) is 36.6 Å². The van der Waals surface area contributed by atoms with Crippen molar-refractivity contribution in [2.24, 2.45) is 0 Å². The van der Waals surface area contributed by atoms with Crippen LogP contribution < -0.4 is 10.6 Å². The van der Waals surface area contributed by atoms with Crippen molar-refractivity contribution in [2.75, 3.05) is 14.2 Å². The van der Waals surface area contributed by atoms with Crippen molar-refractivity contribution < 1.29 is 19.1 Å². The maximum absolute atomic E-state index is 12.3. The molecule has 1 aromatic carbocycles. The molecule has 0 atom stereocenters. The Balaban J connectivity index is 2.03. The summed E-state index contributed by atoms with van der Waals surface area (Å²) in [6.07, 6.45) is 7.08. The average Bonchev–Trinajstić information content (AvgIpc) is 2.66. The Morgan fingerprint density at radius 1 is 1.08 bits per heavy atom. The van der Waals surface area contributed by atoms with Crippen LogP contribution in [-0.2, 0) is 14.3 Å². The first-order chi connectivity index (χ1) is 12.0. The van der Waals surface area contributed by atoms with E-state index >= 15 is 0 Å². The highest BCUT2D eigenvalue weighted by molar-refractivity contribution is 5.97. The standard InChI is InChI=1S/C19H24N2O4/c1-20-17(23)15-9-6-14(7-10-15)8-11-16(22)21-19(18(24)25-2)12-4-3-5-13-19/h6-11H,3-5,12-13H2,1-2H3,(H,20,23)(H,21,22)/b11-8+. The first kappa shape index (κ1) is 18.7. The molecular formula is C19H24N2O4. The Morgan fingerprint density at radius 2 is 1.72 bits per heavy atom. The molecule has 0 aliphatic heterocycles. The van der Waals surface area contributed by atoms with Gasteiger partial charge in [0.15, 0.2) is 0 Å². The number of hydrogen-bond donors (Lipinski definition) is 2. The van der Waals surface area contributed by atoms with Crippen LogP contribution >= 0.6 is 0 Å². The molecule has 6 nitrogen and oxygen atoms in total. The fourth-order valence-electron chi connectivity index (χ4n) is 3.07. The fourth-order valence-corrected chi connectivity index (χ4v) is 3.07. The van der Waals surface area contributed by atoms with E-state index in [1.54, 1.807) is 37.4 Å². The lowest BCUT2D eigenvalue weighted by Gasteiger charge is -2.34. The van der Waals surface area contributed by atoms with Crippen molar-refractivity contribution in [2.45, 2.75) is 37.6 Å². The van der Waals surface area contributed by atoms with E-state index in [2.05, 4.69) is 10.6 Å². The van der Waals surface area contributed by atoms with Crippen LogP contribution in [0.2, 0.25) is 0 Å². The number of amides is 2. The van der Waals surface area contributed by atoms with Crippen molar-refractivity contribution in [1.82, 2.24) is 10.6 Å². The molecule has 1 fully saturated rings. The average molecular weight is 344 g/mol. The smallest absolute Gasteiger partial charge is 0.331 e. The van der Waals surface area contributed by atoms with E-state index in [0.717, 1.165) is 24.8 Å². The Hall–Kier alpha value is -2.63. The highest BCUT2D eigenvalue weighted by atomic mass is 16.5. The van der Waals surface area contributed by atoms with Gasteiger partial charge in [0, 0.05) is 18.7 Å². The normalized spacial score (nSPS) is 16.2. The number of methoxy groups -OCH3 is 1. The van der Waals surface area contributed by atoms with Crippen LogP contribution in [0.4, 0.5) is 0 Å². The lowest BCUT2D eigenvalue weighted by molar-refractivity contribution is -0.152. The van der Waals surface area contributed by atoms with E-state index in [1.165, 1.54) is 13.2 Å². The zero-order valence-electron chi connectivity index (χ0n) is 14.6. The molecule has 2 amide bonds. The molecule has 2 N–H and O–H groups in total. The van der Waals surface area contributed by atoms with Crippen LogP contribution in [0.25, 0.3) is 6.08 Å². The molecule has 0 radical (unpaired) electrons. The summed E-state index contributed by atoms with van der Waals surface area (Å²) in [5.74, 6) is -0.878. The van der Waals surface area contributed by atoms with E-state index in [-0.39, 0.29) is 17.8 Å². The van der Waals surface area contributed by atoms with E-state index < -0.39 is 5.54 Å². The monoisotopic (exact) mass is 344 g/mol. The minimum absolute atomic E-state index is 0.161. The van der Waals surface area contributed by atoms with Crippen LogP contribution in [-0.4, -0.2) is 37.5 Å². The van der Waals surface area contributed by atoms with Crippen LogP contribution in [0, 0.1) is 0 Å². The van der Waals surface area contributed by atoms with Crippen molar-refractivity contribution >= 4 is 23.9 Å². The van der Waals surface area contributed by atoms with Gasteiger partial charge in [0.25, 0.3) is 5.91 Å². The molecule has 1 saturated carbocycles. The predicted octanol–water partition coefficient (Wildman–Crippen LogP) is 2.05. The maximum atomic E-state index is 12.3. The van der Waals surface area contributed by atoms with Gasteiger partial charge in [0.1, 0.15) is 5.54 Å². The molecule has 0 bridgehead atoms. The minimum Gasteiger partial charge on any atom is -0.467 e. The van der Waals surface area contributed by atoms with Gasteiger partial charge in [-0.15, -0.1) is 0 Å². The molecule has 1 aliphatic carbocycles.